The van der Waals surface area contributed by atoms with E-state index in [4.69, 9.17) is 4.42 Å². The molecule has 1 aromatic heterocycles. The van der Waals surface area contributed by atoms with Crippen LogP contribution >= 0.6 is 0 Å². The summed E-state index contributed by atoms with van der Waals surface area (Å²) in [7, 11) is 0. The van der Waals surface area contributed by atoms with Crippen LogP contribution in [0.1, 0.15) is 43.2 Å². The molecule has 5 nitrogen and oxygen atoms in total. The molecule has 0 aliphatic carbocycles. The quantitative estimate of drug-likeness (QED) is 0.516. The van der Waals surface area contributed by atoms with Gasteiger partial charge in [0.2, 0.25) is 5.88 Å². The van der Waals surface area contributed by atoms with E-state index in [1.165, 1.54) is 0 Å². The van der Waals surface area contributed by atoms with E-state index in [9.17, 15) is 10.0 Å². The number of benzene rings is 1. The molecule has 6 rings (SSSR count). The molecule has 4 aliphatic heterocycles. The molecule has 148 valence electrons. The molecule has 0 spiro atoms. The van der Waals surface area contributed by atoms with Crippen LogP contribution in [0.2, 0.25) is 0 Å². The zero-order valence-electron chi connectivity index (χ0n) is 16.5. The molecule has 0 amide bonds. The van der Waals surface area contributed by atoms with Crippen molar-refractivity contribution < 1.29 is 9.06 Å². The Kier molecular flexibility index (Phi) is 3.55. The number of rotatable bonds is 0. The Labute approximate surface area is 165 Å². The lowest BCUT2D eigenvalue weighted by molar-refractivity contribution is -0.925. The van der Waals surface area contributed by atoms with E-state index in [2.05, 4.69) is 4.90 Å². The predicted octanol–water partition coefficient (Wildman–Crippen LogP) is 3.74. The van der Waals surface area contributed by atoms with Crippen LogP contribution in [-0.4, -0.2) is 36.4 Å². The zero-order valence-corrected chi connectivity index (χ0v) is 16.5. The van der Waals surface area contributed by atoms with Crippen molar-refractivity contribution in [1.82, 2.24) is 0 Å². The standard InChI is InChI=1S/C23H28N2O3/c1-14-6-7-17-20(12-14)28-23-18(22(17)26)8-9-19-16-5-3-11-25(27)10-2-4-15(21(16)25)13-24(19)23/h6-7,12,15-16,19,21H,2-5,8-11,13H2,1H3/t15-,16+,19+,21-,25?/m0/s1. The van der Waals surface area contributed by atoms with Crippen molar-refractivity contribution >= 4 is 16.9 Å². The number of hydrogen-bond acceptors (Lipinski definition) is 4. The molecule has 0 bridgehead atoms. The van der Waals surface area contributed by atoms with Gasteiger partial charge in [0, 0.05) is 24.4 Å². The number of anilines is 1. The van der Waals surface area contributed by atoms with Gasteiger partial charge in [-0.2, -0.15) is 0 Å². The van der Waals surface area contributed by atoms with Crippen molar-refractivity contribution in [2.24, 2.45) is 11.8 Å². The Morgan fingerprint density at radius 1 is 1.18 bits per heavy atom. The lowest BCUT2D eigenvalue weighted by Crippen LogP contribution is -2.71. The number of fused-ring (bicyclic) bond motifs is 5. The van der Waals surface area contributed by atoms with Gasteiger partial charge in [0.1, 0.15) is 5.58 Å². The number of hydroxylamine groups is 3. The summed E-state index contributed by atoms with van der Waals surface area (Å²) in [6.07, 6.45) is 6.10. The maximum atomic E-state index is 13.5. The summed E-state index contributed by atoms with van der Waals surface area (Å²) in [5, 5.41) is 14.2. The van der Waals surface area contributed by atoms with Crippen molar-refractivity contribution in [2.75, 3.05) is 24.5 Å². The number of aryl methyl sites for hydroxylation is 1. The summed E-state index contributed by atoms with van der Waals surface area (Å²) in [5.74, 6) is 1.67. The maximum Gasteiger partial charge on any atom is 0.203 e. The molecule has 2 aromatic rings. The Balaban J connectivity index is 1.49. The maximum absolute atomic E-state index is 13.5. The second-order valence-electron chi connectivity index (χ2n) is 9.57. The molecule has 4 aliphatic rings. The molecule has 28 heavy (non-hydrogen) atoms. The van der Waals surface area contributed by atoms with Crippen LogP contribution in [0.25, 0.3) is 11.0 Å². The third kappa shape index (κ3) is 2.23. The highest BCUT2D eigenvalue weighted by atomic mass is 16.5. The molecule has 5 heterocycles. The second kappa shape index (κ2) is 5.83. The van der Waals surface area contributed by atoms with Crippen LogP contribution in [0.3, 0.4) is 0 Å². The van der Waals surface area contributed by atoms with Crippen molar-refractivity contribution in [2.45, 2.75) is 57.5 Å². The van der Waals surface area contributed by atoms with Gasteiger partial charge in [-0.05, 0) is 63.1 Å². The smallest absolute Gasteiger partial charge is 0.203 e. The summed E-state index contributed by atoms with van der Waals surface area (Å²) in [5.41, 5.74) is 2.79. The van der Waals surface area contributed by atoms with Gasteiger partial charge in [0.05, 0.1) is 30.1 Å². The fourth-order valence-electron chi connectivity index (χ4n) is 6.96. The van der Waals surface area contributed by atoms with Gasteiger partial charge in [0.25, 0.3) is 0 Å². The molecule has 3 saturated heterocycles. The van der Waals surface area contributed by atoms with Gasteiger partial charge in [0.15, 0.2) is 5.43 Å². The molecule has 0 radical (unpaired) electrons. The molecule has 5 heteroatoms. The molecule has 1 aromatic carbocycles. The molecular formula is C23H28N2O3. The van der Waals surface area contributed by atoms with Crippen LogP contribution in [0.15, 0.2) is 27.4 Å². The molecular weight excluding hydrogens is 352 g/mol. The van der Waals surface area contributed by atoms with Crippen molar-refractivity contribution in [1.29, 1.82) is 0 Å². The third-order valence-electron chi connectivity index (χ3n) is 8.05. The fraction of sp³-hybridized carbons (Fsp3) is 0.609. The van der Waals surface area contributed by atoms with Gasteiger partial charge in [-0.1, -0.05) is 6.07 Å². The largest absolute Gasteiger partial charge is 0.633 e. The summed E-state index contributed by atoms with van der Waals surface area (Å²) in [4.78, 5) is 15.6. The van der Waals surface area contributed by atoms with Crippen molar-refractivity contribution in [3.63, 3.8) is 0 Å². The van der Waals surface area contributed by atoms with Crippen molar-refractivity contribution in [3.8, 4) is 0 Å². The summed E-state index contributed by atoms with van der Waals surface area (Å²) >= 11 is 0. The third-order valence-corrected chi connectivity index (χ3v) is 8.05. The second-order valence-corrected chi connectivity index (χ2v) is 9.57. The van der Waals surface area contributed by atoms with E-state index in [1.54, 1.807) is 0 Å². The normalized spacial score (nSPS) is 36.6. The van der Waals surface area contributed by atoms with E-state index in [1.807, 2.05) is 25.1 Å². The highest BCUT2D eigenvalue weighted by Crippen LogP contribution is 2.49. The van der Waals surface area contributed by atoms with Crippen LogP contribution in [0, 0.1) is 24.0 Å². The van der Waals surface area contributed by atoms with Gasteiger partial charge >= 0.3 is 0 Å². The number of nitrogens with zero attached hydrogens (tertiary/aromatic N) is 2. The molecule has 3 fully saturated rings. The van der Waals surface area contributed by atoms with Crippen LogP contribution in [-0.2, 0) is 6.42 Å². The topological polar surface area (TPSA) is 56.5 Å². The number of piperidine rings is 3. The highest BCUT2D eigenvalue weighted by molar-refractivity contribution is 5.80. The lowest BCUT2D eigenvalue weighted by atomic mass is 9.67. The first-order chi connectivity index (χ1) is 13.5. The van der Waals surface area contributed by atoms with Crippen LogP contribution in [0.5, 0.6) is 0 Å². The molecule has 5 atom stereocenters. The molecule has 1 unspecified atom stereocenters. The molecule has 0 saturated carbocycles. The number of quaternary nitrogens is 1. The minimum atomic E-state index is 0.0490. The monoisotopic (exact) mass is 380 g/mol. The SMILES string of the molecule is Cc1ccc2c(=O)c3c(oc2c1)N1C[C@@H]2CCC[N+]4([O-])CCC[C@@H]([C@H]24)[C@H]1CC3. The van der Waals surface area contributed by atoms with Crippen molar-refractivity contribution in [3.05, 3.63) is 44.8 Å². The van der Waals surface area contributed by atoms with Gasteiger partial charge < -0.3 is 19.2 Å². The van der Waals surface area contributed by atoms with E-state index in [0.29, 0.717) is 28.8 Å². The Hall–Kier alpha value is -1.85. The Morgan fingerprint density at radius 3 is 2.86 bits per heavy atom. The van der Waals surface area contributed by atoms with E-state index < -0.39 is 0 Å². The summed E-state index contributed by atoms with van der Waals surface area (Å²) < 4.78 is 6.45. The van der Waals surface area contributed by atoms with Gasteiger partial charge in [-0.15, -0.1) is 0 Å². The summed E-state index contributed by atoms with van der Waals surface area (Å²) in [6.45, 7) is 4.52. The highest BCUT2D eigenvalue weighted by Gasteiger charge is 2.55. The lowest BCUT2D eigenvalue weighted by Gasteiger charge is -2.64. The molecule has 0 N–H and O–H groups in total. The first-order valence-electron chi connectivity index (χ1n) is 11.0. The van der Waals surface area contributed by atoms with E-state index in [0.717, 1.165) is 75.2 Å². The van der Waals surface area contributed by atoms with Gasteiger partial charge in [-0.25, -0.2) is 0 Å². The van der Waals surface area contributed by atoms with E-state index in [-0.39, 0.29) is 16.1 Å². The van der Waals surface area contributed by atoms with Crippen LogP contribution in [0.4, 0.5) is 5.88 Å². The number of hydrogen-bond donors (Lipinski definition) is 0. The average Bonchev–Trinajstić information content (AvgIpc) is 2.68. The predicted molar refractivity (Wildman–Crippen MR) is 109 cm³/mol. The average molecular weight is 380 g/mol. The minimum absolute atomic E-state index is 0.0490. The Morgan fingerprint density at radius 2 is 2.00 bits per heavy atom. The van der Waals surface area contributed by atoms with Crippen LogP contribution < -0.4 is 10.3 Å². The van der Waals surface area contributed by atoms with E-state index >= 15 is 0 Å². The fourth-order valence-corrected chi connectivity index (χ4v) is 6.96. The summed E-state index contributed by atoms with van der Waals surface area (Å²) in [6, 6.07) is 6.48. The minimum Gasteiger partial charge on any atom is -0.633 e. The first kappa shape index (κ1) is 17.0. The zero-order chi connectivity index (χ0) is 19.0. The Bertz CT molecular complexity index is 1010. The first-order valence-corrected chi connectivity index (χ1v) is 11.0. The van der Waals surface area contributed by atoms with Gasteiger partial charge in [-0.3, -0.25) is 4.79 Å².